The van der Waals surface area contributed by atoms with Crippen LogP contribution in [0.4, 0.5) is 10.1 Å². The van der Waals surface area contributed by atoms with Gasteiger partial charge < -0.3 is 10.4 Å². The van der Waals surface area contributed by atoms with Crippen LogP contribution in [0, 0.1) is 22.9 Å². The number of carbonyl (C=O) groups is 1. The molecule has 6 nitrogen and oxygen atoms in total. The minimum atomic E-state index is -0.859. The SMILES string of the molecule is Cc1c(C(=O)N[C@H](C)C[C@@H](O)c2ccc(F)cc2)cccc1[N+](=O)[O-]. The van der Waals surface area contributed by atoms with Crippen LogP contribution >= 0.6 is 0 Å². The average Bonchev–Trinajstić information content (AvgIpc) is 2.54. The Morgan fingerprint density at radius 2 is 1.92 bits per heavy atom. The van der Waals surface area contributed by atoms with E-state index in [1.54, 1.807) is 6.92 Å². The van der Waals surface area contributed by atoms with Crippen molar-refractivity contribution in [2.75, 3.05) is 0 Å². The molecule has 0 bridgehead atoms. The van der Waals surface area contributed by atoms with E-state index in [4.69, 9.17) is 0 Å². The zero-order chi connectivity index (χ0) is 18.6. The van der Waals surface area contributed by atoms with E-state index in [9.17, 15) is 24.4 Å². The summed E-state index contributed by atoms with van der Waals surface area (Å²) < 4.78 is 12.9. The van der Waals surface area contributed by atoms with Crippen LogP contribution < -0.4 is 5.32 Å². The molecule has 0 fully saturated rings. The standard InChI is InChI=1S/C18H19FN2O4/c1-11(10-17(22)13-6-8-14(19)9-7-13)20-18(23)15-4-3-5-16(12(15)2)21(24)25/h3-9,11,17,22H,10H2,1-2H3,(H,20,23)/t11-,17-/m1/s1. The molecule has 0 radical (unpaired) electrons. The second-order valence-corrected chi connectivity index (χ2v) is 5.88. The van der Waals surface area contributed by atoms with Crippen molar-refractivity contribution in [1.29, 1.82) is 0 Å². The number of aliphatic hydroxyl groups excluding tert-OH is 1. The van der Waals surface area contributed by atoms with Crippen LogP contribution in [0.15, 0.2) is 42.5 Å². The van der Waals surface area contributed by atoms with Gasteiger partial charge in [-0.25, -0.2) is 4.39 Å². The van der Waals surface area contributed by atoms with Crippen LogP contribution in [-0.2, 0) is 0 Å². The topological polar surface area (TPSA) is 92.5 Å². The van der Waals surface area contributed by atoms with Crippen LogP contribution in [0.5, 0.6) is 0 Å². The fraction of sp³-hybridized carbons (Fsp3) is 0.278. The van der Waals surface area contributed by atoms with Gasteiger partial charge in [-0.3, -0.25) is 14.9 Å². The summed E-state index contributed by atoms with van der Waals surface area (Å²) in [6, 6.07) is 9.42. The Morgan fingerprint density at radius 1 is 1.28 bits per heavy atom. The fourth-order valence-electron chi connectivity index (χ4n) is 2.58. The Morgan fingerprint density at radius 3 is 2.52 bits per heavy atom. The van der Waals surface area contributed by atoms with Crippen molar-refractivity contribution in [1.82, 2.24) is 5.32 Å². The molecule has 0 aliphatic heterocycles. The van der Waals surface area contributed by atoms with E-state index in [0.717, 1.165) is 0 Å². The summed E-state index contributed by atoms with van der Waals surface area (Å²) in [5.74, 6) is -0.835. The number of nitro groups is 1. The quantitative estimate of drug-likeness (QED) is 0.620. The number of hydrogen-bond donors (Lipinski definition) is 2. The second kappa shape index (κ2) is 7.85. The summed E-state index contributed by atoms with van der Waals surface area (Å²) in [7, 11) is 0. The van der Waals surface area contributed by atoms with E-state index in [1.807, 2.05) is 0 Å². The largest absolute Gasteiger partial charge is 0.388 e. The van der Waals surface area contributed by atoms with Crippen LogP contribution in [-0.4, -0.2) is 22.0 Å². The summed E-state index contributed by atoms with van der Waals surface area (Å²) in [5.41, 5.74) is 0.939. The van der Waals surface area contributed by atoms with E-state index in [0.29, 0.717) is 5.56 Å². The first-order valence-corrected chi connectivity index (χ1v) is 7.78. The Balaban J connectivity index is 2.04. The summed E-state index contributed by atoms with van der Waals surface area (Å²) >= 11 is 0. The molecule has 2 atom stereocenters. The van der Waals surface area contributed by atoms with Gasteiger partial charge in [0.05, 0.1) is 11.0 Å². The molecule has 25 heavy (non-hydrogen) atoms. The van der Waals surface area contributed by atoms with E-state index < -0.39 is 22.8 Å². The molecule has 0 unspecified atom stereocenters. The Labute approximate surface area is 144 Å². The summed E-state index contributed by atoms with van der Waals surface area (Å²) in [6.07, 6.45) is -0.632. The smallest absolute Gasteiger partial charge is 0.273 e. The molecule has 0 saturated heterocycles. The maximum Gasteiger partial charge on any atom is 0.273 e. The first-order chi connectivity index (χ1) is 11.8. The zero-order valence-corrected chi connectivity index (χ0v) is 13.9. The van der Waals surface area contributed by atoms with Crippen molar-refractivity contribution < 1.29 is 19.2 Å². The Kier molecular flexibility index (Phi) is 5.82. The highest BCUT2D eigenvalue weighted by Gasteiger charge is 2.20. The van der Waals surface area contributed by atoms with Crippen molar-refractivity contribution in [2.24, 2.45) is 0 Å². The molecule has 0 aromatic heterocycles. The first kappa shape index (κ1) is 18.5. The molecule has 0 saturated carbocycles. The van der Waals surface area contributed by atoms with Gasteiger partial charge in [0.15, 0.2) is 0 Å². The van der Waals surface area contributed by atoms with Gasteiger partial charge in [0.2, 0.25) is 0 Å². The predicted molar refractivity (Wildman–Crippen MR) is 90.7 cm³/mol. The van der Waals surface area contributed by atoms with Gasteiger partial charge in [0.1, 0.15) is 5.82 Å². The maximum atomic E-state index is 12.9. The highest BCUT2D eigenvalue weighted by molar-refractivity contribution is 5.96. The molecule has 2 rings (SSSR count). The predicted octanol–water partition coefficient (Wildman–Crippen LogP) is 3.28. The number of nitrogens with zero attached hydrogens (tertiary/aromatic N) is 1. The van der Waals surface area contributed by atoms with Crippen LogP contribution in [0.3, 0.4) is 0 Å². The minimum Gasteiger partial charge on any atom is -0.388 e. The second-order valence-electron chi connectivity index (χ2n) is 5.88. The summed E-state index contributed by atoms with van der Waals surface area (Å²) in [5, 5.41) is 23.9. The summed E-state index contributed by atoms with van der Waals surface area (Å²) in [6.45, 7) is 3.24. The van der Waals surface area contributed by atoms with Crippen molar-refractivity contribution >= 4 is 11.6 Å². The number of rotatable bonds is 6. The third-order valence-corrected chi connectivity index (χ3v) is 3.96. The number of halogens is 1. The molecular formula is C18H19FN2O4. The number of carbonyl (C=O) groups excluding carboxylic acids is 1. The molecule has 0 aliphatic carbocycles. The molecule has 7 heteroatoms. The van der Waals surface area contributed by atoms with Gasteiger partial charge >= 0.3 is 0 Å². The van der Waals surface area contributed by atoms with Crippen LogP contribution in [0.1, 0.15) is 40.9 Å². The van der Waals surface area contributed by atoms with Gasteiger partial charge in [-0.2, -0.15) is 0 Å². The number of benzene rings is 2. The van der Waals surface area contributed by atoms with E-state index in [2.05, 4.69) is 5.32 Å². The lowest BCUT2D eigenvalue weighted by Crippen LogP contribution is -2.34. The van der Waals surface area contributed by atoms with Crippen LogP contribution in [0.25, 0.3) is 0 Å². The van der Waals surface area contributed by atoms with E-state index in [-0.39, 0.29) is 29.3 Å². The molecule has 132 valence electrons. The zero-order valence-electron chi connectivity index (χ0n) is 13.9. The molecule has 0 aliphatic rings. The fourth-order valence-corrected chi connectivity index (χ4v) is 2.58. The average molecular weight is 346 g/mol. The number of amides is 1. The summed E-state index contributed by atoms with van der Waals surface area (Å²) in [4.78, 5) is 22.8. The molecule has 1 amide bonds. The number of aliphatic hydroxyl groups is 1. The number of nitro benzene ring substituents is 1. The monoisotopic (exact) mass is 346 g/mol. The van der Waals surface area contributed by atoms with Crippen molar-refractivity contribution in [2.45, 2.75) is 32.4 Å². The van der Waals surface area contributed by atoms with Gasteiger partial charge in [0.25, 0.3) is 11.6 Å². The van der Waals surface area contributed by atoms with E-state index >= 15 is 0 Å². The van der Waals surface area contributed by atoms with Crippen molar-refractivity contribution in [3.8, 4) is 0 Å². The van der Waals surface area contributed by atoms with Crippen LogP contribution in [0.2, 0.25) is 0 Å². The normalized spacial score (nSPS) is 13.1. The highest BCUT2D eigenvalue weighted by Crippen LogP contribution is 2.22. The molecule has 2 aromatic rings. The lowest BCUT2D eigenvalue weighted by molar-refractivity contribution is -0.385. The van der Waals surface area contributed by atoms with Crippen molar-refractivity contribution in [3.05, 3.63) is 75.1 Å². The Bertz CT molecular complexity index is 777. The van der Waals surface area contributed by atoms with Gasteiger partial charge in [0, 0.05) is 23.2 Å². The third-order valence-electron chi connectivity index (χ3n) is 3.96. The molecule has 2 N–H and O–H groups in total. The Hall–Kier alpha value is -2.80. The van der Waals surface area contributed by atoms with Crippen molar-refractivity contribution in [3.63, 3.8) is 0 Å². The third kappa shape index (κ3) is 4.60. The maximum absolute atomic E-state index is 12.9. The minimum absolute atomic E-state index is 0.119. The first-order valence-electron chi connectivity index (χ1n) is 7.78. The van der Waals surface area contributed by atoms with Gasteiger partial charge in [-0.05, 0) is 44.0 Å². The molecule has 0 spiro atoms. The lowest BCUT2D eigenvalue weighted by Gasteiger charge is -2.19. The van der Waals surface area contributed by atoms with E-state index in [1.165, 1.54) is 49.4 Å². The number of nitrogens with one attached hydrogen (secondary N) is 1. The molecular weight excluding hydrogens is 327 g/mol. The lowest BCUT2D eigenvalue weighted by atomic mass is 10.0. The van der Waals surface area contributed by atoms with Gasteiger partial charge in [-0.1, -0.05) is 18.2 Å². The van der Waals surface area contributed by atoms with Gasteiger partial charge in [-0.15, -0.1) is 0 Å². The molecule has 0 heterocycles. The molecule has 2 aromatic carbocycles. The highest BCUT2D eigenvalue weighted by atomic mass is 19.1. The number of hydrogen-bond acceptors (Lipinski definition) is 4.